The minimum atomic E-state index is -0.598. The van der Waals surface area contributed by atoms with Crippen LogP contribution >= 0.6 is 11.8 Å². The molecule has 0 atom stereocenters. The van der Waals surface area contributed by atoms with E-state index in [2.05, 4.69) is 10.1 Å². The number of likely N-dealkylation sites (tertiary alicyclic amines) is 1. The van der Waals surface area contributed by atoms with Crippen molar-refractivity contribution in [2.75, 3.05) is 13.1 Å². The summed E-state index contributed by atoms with van der Waals surface area (Å²) in [6, 6.07) is 9.19. The molecule has 1 aromatic carbocycles. The van der Waals surface area contributed by atoms with Gasteiger partial charge in [-0.25, -0.2) is 0 Å². The van der Waals surface area contributed by atoms with Crippen LogP contribution in [0.3, 0.4) is 0 Å². The smallest absolute Gasteiger partial charge is 0.283 e. The van der Waals surface area contributed by atoms with Gasteiger partial charge in [-0.05, 0) is 54.9 Å². The number of nitro benzene ring substituents is 1. The van der Waals surface area contributed by atoms with E-state index in [1.807, 2.05) is 0 Å². The van der Waals surface area contributed by atoms with Crippen LogP contribution in [0.4, 0.5) is 5.69 Å². The molecule has 0 spiro atoms. The Balaban J connectivity index is 1.33. The van der Waals surface area contributed by atoms with E-state index in [-0.39, 0.29) is 34.6 Å². The Hall–Kier alpha value is -4.06. The van der Waals surface area contributed by atoms with Crippen molar-refractivity contribution in [2.45, 2.75) is 19.3 Å². The van der Waals surface area contributed by atoms with Crippen molar-refractivity contribution in [2.24, 2.45) is 10.1 Å². The second kappa shape index (κ2) is 8.71. The number of hydrazone groups is 1. The van der Waals surface area contributed by atoms with E-state index in [0.717, 1.165) is 37.7 Å². The van der Waals surface area contributed by atoms with Gasteiger partial charge in [-0.3, -0.25) is 25.1 Å². The van der Waals surface area contributed by atoms with Crippen LogP contribution in [0.1, 0.15) is 25.0 Å². The number of rotatable bonds is 5. The number of nitro groups is 1. The number of carbonyl (C=O) groups excluding carboxylic acids is 2. The second-order valence-corrected chi connectivity index (χ2v) is 8.82. The Morgan fingerprint density at radius 3 is 2.65 bits per heavy atom. The first-order chi connectivity index (χ1) is 16.4. The van der Waals surface area contributed by atoms with Crippen molar-refractivity contribution < 1.29 is 18.9 Å². The number of nitrogens with one attached hydrogen (secondary N) is 1. The fourth-order valence-electron chi connectivity index (χ4n) is 3.79. The standard InChI is InChI=1S/C22H18N6O5S/c23-20-16(11-15-7-8-17(33-15)13-3-5-14(6-4-13)28(31)32)21(30)24-22-27(20)25-18(34-22)12-19(29)26-9-1-2-10-26/h3-8,11,23H,1-2,9-10,12H2. The van der Waals surface area contributed by atoms with Crippen molar-refractivity contribution in [3.05, 3.63) is 57.8 Å². The number of benzene rings is 1. The number of amides is 2. The van der Waals surface area contributed by atoms with E-state index in [0.29, 0.717) is 22.1 Å². The second-order valence-electron chi connectivity index (χ2n) is 7.78. The number of carbonyl (C=O) groups is 2. The zero-order valence-corrected chi connectivity index (χ0v) is 18.6. The lowest BCUT2D eigenvalue weighted by Gasteiger charge is -2.19. The Morgan fingerprint density at radius 2 is 1.94 bits per heavy atom. The normalized spacial score (nSPS) is 18.9. The molecule has 3 aliphatic rings. The highest BCUT2D eigenvalue weighted by Crippen LogP contribution is 2.31. The molecule has 34 heavy (non-hydrogen) atoms. The molecule has 1 aromatic heterocycles. The van der Waals surface area contributed by atoms with E-state index < -0.39 is 10.8 Å². The molecule has 4 heterocycles. The van der Waals surface area contributed by atoms with Crippen molar-refractivity contribution in [1.29, 1.82) is 5.41 Å². The third kappa shape index (κ3) is 4.15. The first kappa shape index (κ1) is 21.8. The lowest BCUT2D eigenvalue weighted by molar-refractivity contribution is -0.384. The van der Waals surface area contributed by atoms with Gasteiger partial charge in [0.15, 0.2) is 5.84 Å². The number of amidine groups is 2. The zero-order chi connectivity index (χ0) is 23.8. The number of hydrogen-bond donors (Lipinski definition) is 1. The molecule has 5 rings (SSSR count). The van der Waals surface area contributed by atoms with Gasteiger partial charge < -0.3 is 9.32 Å². The number of fused-ring (bicyclic) bond motifs is 1. The van der Waals surface area contributed by atoms with Crippen LogP contribution in [0.2, 0.25) is 0 Å². The van der Waals surface area contributed by atoms with E-state index in [4.69, 9.17) is 9.83 Å². The number of hydrogen-bond acceptors (Lipinski definition) is 8. The zero-order valence-electron chi connectivity index (χ0n) is 17.8. The summed E-state index contributed by atoms with van der Waals surface area (Å²) >= 11 is 1.12. The topological polar surface area (TPSA) is 145 Å². The van der Waals surface area contributed by atoms with Crippen LogP contribution in [0.25, 0.3) is 17.4 Å². The molecule has 3 aliphatic heterocycles. The van der Waals surface area contributed by atoms with Crippen LogP contribution < -0.4 is 0 Å². The molecule has 11 nitrogen and oxygen atoms in total. The third-order valence-corrected chi connectivity index (χ3v) is 6.44. The summed E-state index contributed by atoms with van der Waals surface area (Å²) < 4.78 is 5.76. The Kier molecular flexibility index (Phi) is 5.57. The van der Waals surface area contributed by atoms with E-state index in [1.54, 1.807) is 29.2 Å². The molecular formula is C22H18N6O5S. The predicted molar refractivity (Wildman–Crippen MR) is 126 cm³/mol. The summed E-state index contributed by atoms with van der Waals surface area (Å²) in [6.45, 7) is 1.49. The first-order valence-corrected chi connectivity index (χ1v) is 11.3. The molecular weight excluding hydrogens is 460 g/mol. The quantitative estimate of drug-likeness (QED) is 0.393. The highest BCUT2D eigenvalue weighted by molar-refractivity contribution is 8.27. The number of furan rings is 1. The molecule has 0 bridgehead atoms. The number of aliphatic imine (C=N–C) groups is 1. The van der Waals surface area contributed by atoms with Crippen molar-refractivity contribution >= 4 is 51.4 Å². The van der Waals surface area contributed by atoms with Crippen molar-refractivity contribution in [3.8, 4) is 11.3 Å². The highest BCUT2D eigenvalue weighted by atomic mass is 32.2. The monoisotopic (exact) mass is 478 g/mol. The SMILES string of the molecule is N=C1C(=Cc2ccc(-c3ccc([N+](=O)[O-])cc3)o2)C(=O)N=C2SC(CC(=O)N3CCCC3)=NN12. The molecule has 2 aromatic rings. The summed E-state index contributed by atoms with van der Waals surface area (Å²) in [7, 11) is 0. The maximum absolute atomic E-state index is 12.6. The minimum Gasteiger partial charge on any atom is -0.457 e. The lowest BCUT2D eigenvalue weighted by Crippen LogP contribution is -2.35. The molecule has 0 unspecified atom stereocenters. The fraction of sp³-hybridized carbons (Fsp3) is 0.227. The molecule has 0 saturated carbocycles. The molecule has 2 amide bonds. The van der Waals surface area contributed by atoms with Gasteiger partial charge in [0.2, 0.25) is 11.1 Å². The maximum atomic E-state index is 12.6. The third-order valence-electron chi connectivity index (χ3n) is 5.53. The average Bonchev–Trinajstić information content (AvgIpc) is 3.58. The van der Waals surface area contributed by atoms with Gasteiger partial charge in [-0.2, -0.15) is 15.1 Å². The summed E-state index contributed by atoms with van der Waals surface area (Å²) in [6.07, 6.45) is 3.51. The molecule has 12 heteroatoms. The van der Waals surface area contributed by atoms with Gasteiger partial charge in [-0.15, -0.1) is 0 Å². The lowest BCUT2D eigenvalue weighted by atomic mass is 10.1. The van der Waals surface area contributed by atoms with Gasteiger partial charge in [0.1, 0.15) is 16.6 Å². The summed E-state index contributed by atoms with van der Waals surface area (Å²) in [5, 5.41) is 25.6. The summed E-state index contributed by atoms with van der Waals surface area (Å²) in [5.41, 5.74) is 0.608. The predicted octanol–water partition coefficient (Wildman–Crippen LogP) is 3.49. The fourth-order valence-corrected chi connectivity index (χ4v) is 4.66. The van der Waals surface area contributed by atoms with Crippen LogP contribution in [0.5, 0.6) is 0 Å². The minimum absolute atomic E-state index is 0.00446. The molecule has 172 valence electrons. The van der Waals surface area contributed by atoms with Gasteiger partial charge in [0.25, 0.3) is 11.6 Å². The Bertz CT molecular complexity index is 1300. The Labute approximate surface area is 197 Å². The number of thioether (sulfide) groups is 1. The van der Waals surface area contributed by atoms with Crippen LogP contribution in [-0.2, 0) is 9.59 Å². The number of nitrogens with zero attached hydrogens (tertiary/aromatic N) is 5. The average molecular weight is 478 g/mol. The van der Waals surface area contributed by atoms with Crippen LogP contribution in [0, 0.1) is 15.5 Å². The molecule has 0 radical (unpaired) electrons. The van der Waals surface area contributed by atoms with Gasteiger partial charge >= 0.3 is 0 Å². The Morgan fingerprint density at radius 1 is 1.21 bits per heavy atom. The van der Waals surface area contributed by atoms with Crippen molar-refractivity contribution in [1.82, 2.24) is 9.91 Å². The van der Waals surface area contributed by atoms with Crippen molar-refractivity contribution in [3.63, 3.8) is 0 Å². The molecule has 1 saturated heterocycles. The molecule has 0 aliphatic carbocycles. The van der Waals surface area contributed by atoms with E-state index in [9.17, 15) is 19.7 Å². The van der Waals surface area contributed by atoms with Gasteiger partial charge in [0.05, 0.1) is 16.9 Å². The summed E-state index contributed by atoms with van der Waals surface area (Å²) in [5.74, 6) is 0.00416. The van der Waals surface area contributed by atoms with Crippen LogP contribution in [0.15, 0.2) is 56.5 Å². The van der Waals surface area contributed by atoms with E-state index in [1.165, 1.54) is 23.2 Å². The highest BCUT2D eigenvalue weighted by Gasteiger charge is 2.36. The van der Waals surface area contributed by atoms with Gasteiger partial charge in [0, 0.05) is 30.8 Å². The first-order valence-electron chi connectivity index (χ1n) is 10.5. The molecule has 1 N–H and O–H groups in total. The summed E-state index contributed by atoms with van der Waals surface area (Å²) in [4.78, 5) is 41.2. The number of non-ortho nitro benzene ring substituents is 1. The maximum Gasteiger partial charge on any atom is 0.283 e. The largest absolute Gasteiger partial charge is 0.457 e. The van der Waals surface area contributed by atoms with E-state index >= 15 is 0 Å². The van der Waals surface area contributed by atoms with Gasteiger partial charge in [-0.1, -0.05) is 0 Å². The van der Waals surface area contributed by atoms with Crippen LogP contribution in [-0.4, -0.2) is 55.8 Å². The molecule has 1 fully saturated rings.